The molecule has 1 heterocycles. The molecule has 1 aliphatic heterocycles. The maximum absolute atomic E-state index is 13.5. The smallest absolute Gasteiger partial charge is 0.249 e. The maximum atomic E-state index is 13.5. The molecule has 116 valence electrons. The highest BCUT2D eigenvalue weighted by atomic mass is 19.1. The number of carbonyl (C=O) groups is 1. The molecule has 5 heteroatoms. The molecule has 0 aromatic heterocycles. The lowest BCUT2D eigenvalue weighted by Crippen LogP contribution is -2.45. The van der Waals surface area contributed by atoms with Gasteiger partial charge in [-0.2, -0.15) is 0 Å². The third-order valence-electron chi connectivity index (χ3n) is 4.25. The topological polar surface area (TPSA) is 61.5 Å². The normalized spacial score (nSPS) is 28.7. The molecule has 0 spiro atoms. The Kier molecular flexibility index (Phi) is 4.64. The Morgan fingerprint density at radius 2 is 2.14 bits per heavy atom. The molecular weight excluding hydrogens is 273 g/mol. The summed E-state index contributed by atoms with van der Waals surface area (Å²) in [6, 6.07) is 6.51. The van der Waals surface area contributed by atoms with Crippen LogP contribution in [0.3, 0.4) is 0 Å². The molecule has 4 nitrogen and oxygen atoms in total. The number of ether oxygens (including phenoxy) is 2. The van der Waals surface area contributed by atoms with Crippen LogP contribution in [0.5, 0.6) is 0 Å². The van der Waals surface area contributed by atoms with Gasteiger partial charge in [-0.3, -0.25) is 4.79 Å². The zero-order valence-corrected chi connectivity index (χ0v) is 12.5. The molecule has 1 saturated heterocycles. The minimum Gasteiger partial charge on any atom is -0.374 e. The Balaban J connectivity index is 1.95. The van der Waals surface area contributed by atoms with Gasteiger partial charge in [-0.15, -0.1) is 0 Å². The predicted molar refractivity (Wildman–Crippen MR) is 77.0 cm³/mol. The average molecular weight is 295 g/mol. The van der Waals surface area contributed by atoms with E-state index in [2.05, 4.69) is 0 Å². The first-order chi connectivity index (χ1) is 9.91. The van der Waals surface area contributed by atoms with Gasteiger partial charge < -0.3 is 15.2 Å². The van der Waals surface area contributed by atoms with Crippen LogP contribution in [-0.4, -0.2) is 23.7 Å². The second-order valence-electron chi connectivity index (χ2n) is 5.82. The Bertz CT molecular complexity index is 522. The molecule has 0 saturated carbocycles. The van der Waals surface area contributed by atoms with Gasteiger partial charge in [-0.05, 0) is 32.3 Å². The lowest BCUT2D eigenvalue weighted by atomic mass is 9.95. The van der Waals surface area contributed by atoms with Crippen molar-refractivity contribution in [3.8, 4) is 0 Å². The summed E-state index contributed by atoms with van der Waals surface area (Å²) < 4.78 is 25.1. The van der Waals surface area contributed by atoms with Gasteiger partial charge in [-0.1, -0.05) is 25.1 Å². The van der Waals surface area contributed by atoms with Gasteiger partial charge >= 0.3 is 0 Å². The second kappa shape index (κ2) is 6.12. The number of hydrogen-bond donors (Lipinski definition) is 1. The van der Waals surface area contributed by atoms with Crippen LogP contribution in [0.2, 0.25) is 0 Å². The van der Waals surface area contributed by atoms with Crippen LogP contribution in [0.4, 0.5) is 4.39 Å². The Hall–Kier alpha value is -1.46. The predicted octanol–water partition coefficient (Wildman–Crippen LogP) is 2.55. The fraction of sp³-hybridized carbons (Fsp3) is 0.562. The summed E-state index contributed by atoms with van der Waals surface area (Å²) in [6.45, 7) is 4.20. The van der Waals surface area contributed by atoms with Crippen LogP contribution in [0.1, 0.15) is 38.7 Å². The molecule has 1 aliphatic rings. The third kappa shape index (κ3) is 3.41. The van der Waals surface area contributed by atoms with Crippen LogP contribution in [0.25, 0.3) is 0 Å². The van der Waals surface area contributed by atoms with Crippen molar-refractivity contribution >= 4 is 5.91 Å². The first-order valence-corrected chi connectivity index (χ1v) is 7.22. The largest absolute Gasteiger partial charge is 0.374 e. The summed E-state index contributed by atoms with van der Waals surface area (Å²) >= 11 is 0. The average Bonchev–Trinajstić information content (AvgIpc) is 2.81. The van der Waals surface area contributed by atoms with Crippen molar-refractivity contribution in [2.75, 3.05) is 6.61 Å². The summed E-state index contributed by atoms with van der Waals surface area (Å²) in [7, 11) is 0. The molecule has 21 heavy (non-hydrogen) atoms. The summed E-state index contributed by atoms with van der Waals surface area (Å²) in [4.78, 5) is 11.5. The molecule has 1 aromatic rings. The lowest BCUT2D eigenvalue weighted by molar-refractivity contribution is -0.159. The minimum absolute atomic E-state index is 0.186. The van der Waals surface area contributed by atoms with Crippen molar-refractivity contribution in [3.63, 3.8) is 0 Å². The summed E-state index contributed by atoms with van der Waals surface area (Å²) in [5.41, 5.74) is 4.45. The first-order valence-electron chi connectivity index (χ1n) is 7.22. The number of primary amides is 1. The van der Waals surface area contributed by atoms with Gasteiger partial charge in [0.1, 0.15) is 11.4 Å². The van der Waals surface area contributed by atoms with Gasteiger partial charge in [0.15, 0.2) is 0 Å². The van der Waals surface area contributed by atoms with E-state index in [0.717, 1.165) is 0 Å². The fourth-order valence-electron chi connectivity index (χ4n) is 2.63. The minimum atomic E-state index is -0.933. The van der Waals surface area contributed by atoms with Crippen LogP contribution in [0, 0.1) is 5.82 Å². The number of benzene rings is 1. The van der Waals surface area contributed by atoms with Gasteiger partial charge in [-0.25, -0.2) is 4.39 Å². The zero-order chi connectivity index (χ0) is 15.5. The standard InChI is InChI=1S/C16H22FNO3/c1-3-16(9-8-15(2,21-16)14(18)19)11-20-10-12-6-4-5-7-13(12)17/h4-7H,3,8-11H2,1-2H3,(H2,18,19). The van der Waals surface area contributed by atoms with E-state index >= 15 is 0 Å². The molecule has 0 bridgehead atoms. The Morgan fingerprint density at radius 1 is 1.43 bits per heavy atom. The summed E-state index contributed by atoms with van der Waals surface area (Å²) in [5, 5.41) is 0. The highest BCUT2D eigenvalue weighted by Crippen LogP contribution is 2.40. The van der Waals surface area contributed by atoms with Crippen molar-refractivity contribution < 1.29 is 18.7 Å². The SMILES string of the molecule is CCC1(COCc2ccccc2F)CCC(C)(C(N)=O)O1. The van der Waals surface area contributed by atoms with Crippen LogP contribution < -0.4 is 5.73 Å². The molecule has 1 fully saturated rings. The molecule has 1 amide bonds. The number of amides is 1. The maximum Gasteiger partial charge on any atom is 0.249 e. The van der Waals surface area contributed by atoms with Crippen molar-refractivity contribution in [2.45, 2.75) is 50.9 Å². The van der Waals surface area contributed by atoms with Crippen molar-refractivity contribution in [3.05, 3.63) is 35.6 Å². The van der Waals surface area contributed by atoms with E-state index in [1.807, 2.05) is 6.92 Å². The van der Waals surface area contributed by atoms with Gasteiger partial charge in [0.2, 0.25) is 5.91 Å². The molecule has 2 atom stereocenters. The zero-order valence-electron chi connectivity index (χ0n) is 12.5. The van der Waals surface area contributed by atoms with Gasteiger partial charge in [0.05, 0.1) is 18.8 Å². The Labute approximate surface area is 124 Å². The molecule has 0 radical (unpaired) electrons. The van der Waals surface area contributed by atoms with Crippen molar-refractivity contribution in [1.82, 2.24) is 0 Å². The number of nitrogens with two attached hydrogens (primary N) is 1. The van der Waals surface area contributed by atoms with Crippen LogP contribution in [-0.2, 0) is 20.9 Å². The van der Waals surface area contributed by atoms with E-state index in [-0.39, 0.29) is 12.4 Å². The van der Waals surface area contributed by atoms with Gasteiger partial charge in [0, 0.05) is 5.56 Å². The van der Waals surface area contributed by atoms with E-state index in [1.54, 1.807) is 25.1 Å². The van der Waals surface area contributed by atoms with Crippen LogP contribution >= 0.6 is 0 Å². The lowest BCUT2D eigenvalue weighted by Gasteiger charge is -2.30. The Morgan fingerprint density at radius 3 is 2.71 bits per heavy atom. The first kappa shape index (κ1) is 15.9. The molecule has 2 rings (SSSR count). The monoisotopic (exact) mass is 295 g/mol. The fourth-order valence-corrected chi connectivity index (χ4v) is 2.63. The van der Waals surface area contributed by atoms with Crippen molar-refractivity contribution in [2.24, 2.45) is 5.73 Å². The van der Waals surface area contributed by atoms with E-state index in [1.165, 1.54) is 6.07 Å². The number of rotatable bonds is 6. The highest BCUT2D eigenvalue weighted by Gasteiger charge is 2.49. The van der Waals surface area contributed by atoms with Crippen LogP contribution in [0.15, 0.2) is 24.3 Å². The second-order valence-corrected chi connectivity index (χ2v) is 5.82. The summed E-state index contributed by atoms with van der Waals surface area (Å²) in [6.07, 6.45) is 2.01. The highest BCUT2D eigenvalue weighted by molar-refractivity contribution is 5.83. The number of carbonyl (C=O) groups excluding carboxylic acids is 1. The van der Waals surface area contributed by atoms with E-state index < -0.39 is 17.1 Å². The third-order valence-corrected chi connectivity index (χ3v) is 4.25. The summed E-state index contributed by atoms with van der Waals surface area (Å²) in [5.74, 6) is -0.732. The number of hydrogen-bond acceptors (Lipinski definition) is 3. The van der Waals surface area contributed by atoms with Gasteiger partial charge in [0.25, 0.3) is 0 Å². The molecule has 1 aromatic carbocycles. The molecule has 0 aliphatic carbocycles. The van der Waals surface area contributed by atoms with E-state index in [4.69, 9.17) is 15.2 Å². The molecule has 2 N–H and O–H groups in total. The van der Waals surface area contributed by atoms with E-state index in [0.29, 0.717) is 31.4 Å². The van der Waals surface area contributed by atoms with E-state index in [9.17, 15) is 9.18 Å². The molecule has 2 unspecified atom stereocenters. The quantitative estimate of drug-likeness (QED) is 0.877. The molecular formula is C16H22FNO3. The van der Waals surface area contributed by atoms with Crippen molar-refractivity contribution in [1.29, 1.82) is 0 Å². The number of halogens is 1.